The van der Waals surface area contributed by atoms with Gasteiger partial charge in [0.05, 0.1) is 6.54 Å². The zero-order chi connectivity index (χ0) is 13.5. The first kappa shape index (κ1) is 14.3. The number of phenolic OH excluding ortho intramolecular Hbond substituents is 1. The van der Waals surface area contributed by atoms with Crippen molar-refractivity contribution in [3.05, 3.63) is 42.5 Å². The van der Waals surface area contributed by atoms with Gasteiger partial charge >= 0.3 is 5.97 Å². The number of aliphatic carboxylic acids is 1. The van der Waals surface area contributed by atoms with Crippen LogP contribution >= 0.6 is 0 Å². The number of aromatic hydroxyl groups is 1. The molecule has 4 nitrogen and oxygen atoms in total. The minimum Gasteiger partial charge on any atom is -0.508 e. The van der Waals surface area contributed by atoms with E-state index in [1.165, 1.54) is 0 Å². The Morgan fingerprint density at radius 2 is 2.06 bits per heavy atom. The molecule has 98 valence electrons. The monoisotopic (exact) mass is 249 g/mol. The largest absolute Gasteiger partial charge is 0.508 e. The van der Waals surface area contributed by atoms with Crippen molar-refractivity contribution in [2.45, 2.75) is 19.4 Å². The first-order valence-electron chi connectivity index (χ1n) is 5.94. The first-order chi connectivity index (χ1) is 8.58. The summed E-state index contributed by atoms with van der Waals surface area (Å²) in [6.07, 6.45) is 2.50. The Bertz CT molecular complexity index is 400. The molecule has 1 unspecified atom stereocenters. The quantitative estimate of drug-likeness (QED) is 0.728. The van der Waals surface area contributed by atoms with E-state index in [2.05, 4.69) is 6.58 Å². The van der Waals surface area contributed by atoms with E-state index in [0.717, 1.165) is 12.0 Å². The number of carboxylic acid groups (broad SMARTS) is 1. The van der Waals surface area contributed by atoms with E-state index in [1.54, 1.807) is 18.2 Å². The second kappa shape index (κ2) is 6.81. The molecule has 0 saturated carbocycles. The van der Waals surface area contributed by atoms with E-state index in [-0.39, 0.29) is 18.3 Å². The smallest absolute Gasteiger partial charge is 0.317 e. The fourth-order valence-electron chi connectivity index (χ4n) is 2.04. The summed E-state index contributed by atoms with van der Waals surface area (Å²) in [5.74, 6) is -0.642. The van der Waals surface area contributed by atoms with Crippen molar-refractivity contribution in [2.24, 2.45) is 0 Å². The predicted molar refractivity (Wildman–Crippen MR) is 70.5 cm³/mol. The number of carbonyl (C=O) groups is 1. The highest BCUT2D eigenvalue weighted by atomic mass is 16.4. The molecule has 0 saturated heterocycles. The SMILES string of the molecule is C=CCN(CC(=O)O)C(CC)c1ccc(O)cc1. The van der Waals surface area contributed by atoms with Crippen molar-refractivity contribution in [3.8, 4) is 5.75 Å². The molecule has 1 aromatic carbocycles. The van der Waals surface area contributed by atoms with Gasteiger partial charge in [-0.05, 0) is 24.1 Å². The summed E-state index contributed by atoms with van der Waals surface area (Å²) in [5.41, 5.74) is 0.999. The van der Waals surface area contributed by atoms with Crippen LogP contribution in [0.3, 0.4) is 0 Å². The summed E-state index contributed by atoms with van der Waals surface area (Å²) >= 11 is 0. The third kappa shape index (κ3) is 3.89. The Kier molecular flexibility index (Phi) is 5.39. The minimum atomic E-state index is -0.853. The second-order valence-electron chi connectivity index (χ2n) is 4.13. The maximum Gasteiger partial charge on any atom is 0.317 e. The third-order valence-electron chi connectivity index (χ3n) is 2.81. The Labute approximate surface area is 107 Å². The second-order valence-corrected chi connectivity index (χ2v) is 4.13. The Balaban J connectivity index is 2.93. The van der Waals surface area contributed by atoms with Crippen LogP contribution in [0.15, 0.2) is 36.9 Å². The fraction of sp³-hybridized carbons (Fsp3) is 0.357. The van der Waals surface area contributed by atoms with Crippen LogP contribution in [0.25, 0.3) is 0 Å². The van der Waals surface area contributed by atoms with Crippen LogP contribution in [0.5, 0.6) is 5.75 Å². The van der Waals surface area contributed by atoms with E-state index >= 15 is 0 Å². The standard InChI is InChI=1S/C14H19NO3/c1-3-9-15(10-14(17)18)13(4-2)11-5-7-12(16)8-6-11/h3,5-8,13,16H,1,4,9-10H2,2H3,(H,17,18). The number of phenols is 1. The molecule has 1 aromatic rings. The highest BCUT2D eigenvalue weighted by Gasteiger charge is 2.19. The van der Waals surface area contributed by atoms with Crippen LogP contribution < -0.4 is 0 Å². The van der Waals surface area contributed by atoms with Gasteiger partial charge in [-0.3, -0.25) is 9.69 Å². The molecule has 0 aliphatic heterocycles. The average Bonchev–Trinajstić information content (AvgIpc) is 2.32. The molecule has 1 atom stereocenters. The molecule has 0 spiro atoms. The molecular formula is C14H19NO3. The van der Waals surface area contributed by atoms with Gasteiger partial charge in [-0.25, -0.2) is 0 Å². The van der Waals surface area contributed by atoms with Crippen molar-refractivity contribution < 1.29 is 15.0 Å². The van der Waals surface area contributed by atoms with Crippen LogP contribution in [0.4, 0.5) is 0 Å². The van der Waals surface area contributed by atoms with E-state index in [9.17, 15) is 9.90 Å². The zero-order valence-electron chi connectivity index (χ0n) is 10.5. The zero-order valence-corrected chi connectivity index (χ0v) is 10.5. The number of carboxylic acids is 1. The minimum absolute atomic E-state index is 0.0136. The molecule has 0 heterocycles. The van der Waals surface area contributed by atoms with Crippen LogP contribution in [-0.4, -0.2) is 34.2 Å². The summed E-state index contributed by atoms with van der Waals surface area (Å²) in [7, 11) is 0. The molecule has 0 aromatic heterocycles. The van der Waals surface area contributed by atoms with Gasteiger partial charge in [-0.15, -0.1) is 6.58 Å². The lowest BCUT2D eigenvalue weighted by Crippen LogP contribution is -2.33. The molecule has 0 fully saturated rings. The van der Waals surface area contributed by atoms with Crippen LogP contribution in [0.1, 0.15) is 24.9 Å². The Morgan fingerprint density at radius 1 is 1.44 bits per heavy atom. The van der Waals surface area contributed by atoms with E-state index in [0.29, 0.717) is 6.54 Å². The molecule has 2 N–H and O–H groups in total. The van der Waals surface area contributed by atoms with Gasteiger partial charge in [0.25, 0.3) is 0 Å². The summed E-state index contributed by atoms with van der Waals surface area (Å²) in [6.45, 7) is 6.16. The summed E-state index contributed by atoms with van der Waals surface area (Å²) in [4.78, 5) is 12.7. The number of hydrogen-bond acceptors (Lipinski definition) is 3. The highest BCUT2D eigenvalue weighted by molar-refractivity contribution is 5.69. The predicted octanol–water partition coefficient (Wildman–Crippen LogP) is 2.42. The topological polar surface area (TPSA) is 60.8 Å². The maximum atomic E-state index is 10.9. The number of rotatable bonds is 7. The molecule has 18 heavy (non-hydrogen) atoms. The van der Waals surface area contributed by atoms with Gasteiger partial charge < -0.3 is 10.2 Å². The molecule has 0 aliphatic carbocycles. The van der Waals surface area contributed by atoms with Crippen LogP contribution in [0, 0.1) is 0 Å². The summed E-state index contributed by atoms with van der Waals surface area (Å²) in [6, 6.07) is 6.89. The van der Waals surface area contributed by atoms with Gasteiger partial charge in [0.15, 0.2) is 0 Å². The van der Waals surface area contributed by atoms with E-state index in [1.807, 2.05) is 24.0 Å². The summed E-state index contributed by atoms with van der Waals surface area (Å²) < 4.78 is 0. The van der Waals surface area contributed by atoms with E-state index < -0.39 is 5.97 Å². The number of hydrogen-bond donors (Lipinski definition) is 2. The van der Waals surface area contributed by atoms with Gasteiger partial charge in [-0.1, -0.05) is 25.1 Å². The van der Waals surface area contributed by atoms with Gasteiger partial charge in [0, 0.05) is 12.6 Å². The molecule has 0 amide bonds. The lowest BCUT2D eigenvalue weighted by atomic mass is 10.0. The first-order valence-corrected chi connectivity index (χ1v) is 5.94. The summed E-state index contributed by atoms with van der Waals surface area (Å²) in [5, 5.41) is 18.2. The molecular weight excluding hydrogens is 230 g/mol. The van der Waals surface area contributed by atoms with E-state index in [4.69, 9.17) is 5.11 Å². The van der Waals surface area contributed by atoms with Crippen molar-refractivity contribution in [1.82, 2.24) is 4.90 Å². The lowest BCUT2D eigenvalue weighted by Gasteiger charge is -2.29. The Hall–Kier alpha value is -1.81. The number of benzene rings is 1. The van der Waals surface area contributed by atoms with Gasteiger partial charge in [-0.2, -0.15) is 0 Å². The van der Waals surface area contributed by atoms with Gasteiger partial charge in [0.1, 0.15) is 5.75 Å². The Morgan fingerprint density at radius 3 is 2.50 bits per heavy atom. The average molecular weight is 249 g/mol. The molecule has 0 aliphatic rings. The van der Waals surface area contributed by atoms with Crippen molar-refractivity contribution in [1.29, 1.82) is 0 Å². The van der Waals surface area contributed by atoms with Crippen LogP contribution in [-0.2, 0) is 4.79 Å². The third-order valence-corrected chi connectivity index (χ3v) is 2.81. The molecule has 0 bridgehead atoms. The maximum absolute atomic E-state index is 10.9. The van der Waals surface area contributed by atoms with Crippen LogP contribution in [0.2, 0.25) is 0 Å². The van der Waals surface area contributed by atoms with Crippen molar-refractivity contribution in [3.63, 3.8) is 0 Å². The number of nitrogens with zero attached hydrogens (tertiary/aromatic N) is 1. The molecule has 4 heteroatoms. The van der Waals surface area contributed by atoms with Crippen molar-refractivity contribution >= 4 is 5.97 Å². The van der Waals surface area contributed by atoms with Crippen molar-refractivity contribution in [2.75, 3.05) is 13.1 Å². The fourth-order valence-corrected chi connectivity index (χ4v) is 2.04. The molecule has 0 radical (unpaired) electrons. The normalized spacial score (nSPS) is 12.3. The lowest BCUT2D eigenvalue weighted by molar-refractivity contribution is -0.138. The highest BCUT2D eigenvalue weighted by Crippen LogP contribution is 2.25. The van der Waals surface area contributed by atoms with Gasteiger partial charge in [0.2, 0.25) is 0 Å². The molecule has 1 rings (SSSR count).